The minimum Gasteiger partial charge on any atom is -0.389 e. The fourth-order valence-electron chi connectivity index (χ4n) is 3.87. The van der Waals surface area contributed by atoms with Crippen LogP contribution in [0.15, 0.2) is 18.2 Å². The van der Waals surface area contributed by atoms with Crippen LogP contribution in [0.4, 0.5) is 5.69 Å². The van der Waals surface area contributed by atoms with E-state index in [1.807, 2.05) is 0 Å². The Balaban J connectivity index is 1.60. The number of aryl methyl sites for hydroxylation is 1. The molecule has 0 bridgehead atoms. The second kappa shape index (κ2) is 6.57. The highest BCUT2D eigenvalue weighted by Crippen LogP contribution is 2.28. The number of aliphatic hydroxyl groups is 1. The van der Waals surface area contributed by atoms with Crippen LogP contribution < -0.4 is 4.90 Å². The normalized spacial score (nSPS) is 27.5. The van der Waals surface area contributed by atoms with Crippen molar-refractivity contribution in [3.05, 3.63) is 29.3 Å². The van der Waals surface area contributed by atoms with Gasteiger partial charge in [0.25, 0.3) is 0 Å². The number of hydrogen-bond donors (Lipinski definition) is 1. The van der Waals surface area contributed by atoms with Crippen molar-refractivity contribution >= 4 is 5.69 Å². The molecule has 122 valence electrons. The van der Waals surface area contributed by atoms with Gasteiger partial charge in [-0.3, -0.25) is 4.90 Å². The summed E-state index contributed by atoms with van der Waals surface area (Å²) in [7, 11) is 1.69. The minimum absolute atomic E-state index is 0.0166. The summed E-state index contributed by atoms with van der Waals surface area (Å²) in [6.45, 7) is 8.22. The Morgan fingerprint density at radius 2 is 1.86 bits per heavy atom. The van der Waals surface area contributed by atoms with Crippen LogP contribution in [0.25, 0.3) is 0 Å². The molecule has 1 aromatic carbocycles. The maximum Gasteiger partial charge on any atom is 0.0969 e. The van der Waals surface area contributed by atoms with Gasteiger partial charge in [0.15, 0.2) is 0 Å². The number of β-amino-alcohol motifs (C(OH)–C–C–N with tert-alkyl or cyclic N) is 1. The van der Waals surface area contributed by atoms with Crippen LogP contribution in [0.2, 0.25) is 0 Å². The van der Waals surface area contributed by atoms with Gasteiger partial charge in [-0.05, 0) is 43.9 Å². The summed E-state index contributed by atoms with van der Waals surface area (Å²) in [6.07, 6.45) is 1.98. The molecule has 3 rings (SSSR count). The number of aliphatic hydroxyl groups excluding tert-OH is 1. The largest absolute Gasteiger partial charge is 0.389 e. The van der Waals surface area contributed by atoms with Crippen LogP contribution in [0, 0.1) is 13.8 Å². The van der Waals surface area contributed by atoms with E-state index in [0.29, 0.717) is 6.04 Å². The first-order valence-corrected chi connectivity index (χ1v) is 8.36. The van der Waals surface area contributed by atoms with Crippen molar-refractivity contribution in [2.75, 3.05) is 38.2 Å². The van der Waals surface area contributed by atoms with Crippen molar-refractivity contribution in [2.24, 2.45) is 0 Å². The van der Waals surface area contributed by atoms with Gasteiger partial charge in [0.05, 0.1) is 12.2 Å². The van der Waals surface area contributed by atoms with Gasteiger partial charge < -0.3 is 14.7 Å². The van der Waals surface area contributed by atoms with Gasteiger partial charge in [-0.1, -0.05) is 12.1 Å². The average Bonchev–Trinajstić information content (AvgIpc) is 2.91. The molecule has 1 aromatic rings. The maximum absolute atomic E-state index is 10.0. The number of rotatable bonds is 3. The molecular weight excluding hydrogens is 276 g/mol. The standard InChI is InChI=1S/C18H28N2O2/c1-13-5-4-6-16(14(13)2)19-9-7-15(8-10-19)20-11-17(21)18(12-20)22-3/h4-6,15,17-18,21H,7-12H2,1-3H3/t17-,18-/m0/s1. The molecule has 22 heavy (non-hydrogen) atoms. The van der Waals surface area contributed by atoms with Gasteiger partial charge in [-0.25, -0.2) is 0 Å². The molecule has 0 amide bonds. The van der Waals surface area contributed by atoms with Crippen molar-refractivity contribution in [1.29, 1.82) is 0 Å². The highest BCUT2D eigenvalue weighted by molar-refractivity contribution is 5.56. The molecule has 0 unspecified atom stereocenters. The average molecular weight is 304 g/mol. The summed E-state index contributed by atoms with van der Waals surface area (Å²) in [5, 5.41) is 10.0. The molecule has 0 spiro atoms. The summed E-state index contributed by atoms with van der Waals surface area (Å²) < 4.78 is 5.36. The van der Waals surface area contributed by atoms with E-state index >= 15 is 0 Å². The van der Waals surface area contributed by atoms with Crippen LogP contribution in [-0.2, 0) is 4.74 Å². The number of anilines is 1. The number of ether oxygens (including phenoxy) is 1. The number of nitrogens with zero attached hydrogens (tertiary/aromatic N) is 2. The van der Waals surface area contributed by atoms with Crippen LogP contribution in [0.5, 0.6) is 0 Å². The van der Waals surface area contributed by atoms with Crippen molar-refractivity contribution in [1.82, 2.24) is 4.90 Å². The predicted molar refractivity (Wildman–Crippen MR) is 89.5 cm³/mol. The fourth-order valence-corrected chi connectivity index (χ4v) is 3.87. The first-order chi connectivity index (χ1) is 10.6. The van der Waals surface area contributed by atoms with Crippen LogP contribution in [0.1, 0.15) is 24.0 Å². The van der Waals surface area contributed by atoms with Gasteiger partial charge in [0, 0.05) is 45.0 Å². The topological polar surface area (TPSA) is 35.9 Å². The number of piperidine rings is 1. The molecular formula is C18H28N2O2. The molecule has 0 aliphatic carbocycles. The van der Waals surface area contributed by atoms with Crippen molar-refractivity contribution in [2.45, 2.75) is 44.9 Å². The van der Waals surface area contributed by atoms with Gasteiger partial charge in [0.1, 0.15) is 0 Å². The molecule has 2 fully saturated rings. The molecule has 1 N–H and O–H groups in total. The first-order valence-electron chi connectivity index (χ1n) is 8.36. The molecule has 2 heterocycles. The molecule has 2 saturated heterocycles. The van der Waals surface area contributed by atoms with E-state index in [0.717, 1.165) is 39.0 Å². The molecule has 2 atom stereocenters. The van der Waals surface area contributed by atoms with Crippen molar-refractivity contribution in [3.8, 4) is 0 Å². The SMILES string of the molecule is CO[C@H]1CN(C2CCN(c3cccc(C)c3C)CC2)C[C@@H]1O. The Kier molecular flexibility index (Phi) is 4.71. The van der Waals surface area contributed by atoms with Crippen molar-refractivity contribution in [3.63, 3.8) is 0 Å². The van der Waals surface area contributed by atoms with Crippen LogP contribution in [0.3, 0.4) is 0 Å². The second-order valence-electron chi connectivity index (χ2n) is 6.73. The van der Waals surface area contributed by atoms with Gasteiger partial charge in [-0.15, -0.1) is 0 Å². The zero-order chi connectivity index (χ0) is 15.7. The summed E-state index contributed by atoms with van der Waals surface area (Å²) >= 11 is 0. The Morgan fingerprint density at radius 1 is 1.14 bits per heavy atom. The summed E-state index contributed by atoms with van der Waals surface area (Å²) in [6, 6.07) is 7.16. The predicted octanol–water partition coefficient (Wildman–Crippen LogP) is 1.96. The molecule has 4 nitrogen and oxygen atoms in total. The lowest BCUT2D eigenvalue weighted by Crippen LogP contribution is -2.44. The maximum atomic E-state index is 10.0. The van der Waals surface area contributed by atoms with Crippen LogP contribution in [-0.4, -0.2) is 61.5 Å². The van der Waals surface area contributed by atoms with E-state index < -0.39 is 0 Å². The monoisotopic (exact) mass is 304 g/mol. The third-order valence-corrected chi connectivity index (χ3v) is 5.47. The minimum atomic E-state index is -0.331. The number of methoxy groups -OCH3 is 1. The highest BCUT2D eigenvalue weighted by atomic mass is 16.5. The van der Waals surface area contributed by atoms with E-state index in [9.17, 15) is 5.11 Å². The molecule has 0 aromatic heterocycles. The number of hydrogen-bond acceptors (Lipinski definition) is 4. The third kappa shape index (κ3) is 3.00. The van der Waals surface area contributed by atoms with E-state index in [2.05, 4.69) is 41.8 Å². The zero-order valence-corrected chi connectivity index (χ0v) is 14.0. The Labute approximate surface area is 133 Å². The fraction of sp³-hybridized carbons (Fsp3) is 0.667. The van der Waals surface area contributed by atoms with Crippen molar-refractivity contribution < 1.29 is 9.84 Å². The lowest BCUT2D eigenvalue weighted by molar-refractivity contribution is 0.0213. The molecule has 0 radical (unpaired) electrons. The lowest BCUT2D eigenvalue weighted by atomic mass is 10.0. The van der Waals surface area contributed by atoms with E-state index in [4.69, 9.17) is 4.74 Å². The molecule has 2 aliphatic heterocycles. The smallest absolute Gasteiger partial charge is 0.0969 e. The first kappa shape index (κ1) is 15.8. The lowest BCUT2D eigenvalue weighted by Gasteiger charge is -2.38. The van der Waals surface area contributed by atoms with E-state index in [1.54, 1.807) is 7.11 Å². The van der Waals surface area contributed by atoms with Gasteiger partial charge in [-0.2, -0.15) is 0 Å². The van der Waals surface area contributed by atoms with Gasteiger partial charge in [0.2, 0.25) is 0 Å². The van der Waals surface area contributed by atoms with Gasteiger partial charge >= 0.3 is 0 Å². The van der Waals surface area contributed by atoms with E-state index in [-0.39, 0.29) is 12.2 Å². The second-order valence-corrected chi connectivity index (χ2v) is 6.73. The summed E-state index contributed by atoms with van der Waals surface area (Å²) in [4.78, 5) is 4.93. The number of likely N-dealkylation sites (tertiary alicyclic amines) is 1. The quantitative estimate of drug-likeness (QED) is 0.926. The number of benzene rings is 1. The summed E-state index contributed by atoms with van der Waals surface area (Å²) in [5.41, 5.74) is 4.15. The Hall–Kier alpha value is -1.10. The zero-order valence-electron chi connectivity index (χ0n) is 14.0. The third-order valence-electron chi connectivity index (χ3n) is 5.47. The summed E-state index contributed by atoms with van der Waals surface area (Å²) in [5.74, 6) is 0. The van der Waals surface area contributed by atoms with Crippen LogP contribution >= 0.6 is 0 Å². The molecule has 0 saturated carbocycles. The molecule has 2 aliphatic rings. The highest BCUT2D eigenvalue weighted by Gasteiger charge is 2.36. The Morgan fingerprint density at radius 3 is 2.50 bits per heavy atom. The van der Waals surface area contributed by atoms with E-state index in [1.165, 1.54) is 16.8 Å². The Bertz CT molecular complexity index is 512. The molecule has 4 heteroatoms.